The molecule has 0 aromatic carbocycles. The minimum absolute atomic E-state index is 0.0306. The van der Waals surface area contributed by atoms with Crippen molar-refractivity contribution in [3.63, 3.8) is 0 Å². The number of hydrogen-bond donors (Lipinski definition) is 1. The summed E-state index contributed by atoms with van der Waals surface area (Å²) in [5.74, 6) is 0.312. The maximum absolute atomic E-state index is 11.4. The zero-order valence-corrected chi connectivity index (χ0v) is 9.38. The van der Waals surface area contributed by atoms with Crippen LogP contribution in [0, 0.1) is 5.92 Å². The Hall–Kier alpha value is -0.370. The second-order valence-electron chi connectivity index (χ2n) is 4.71. The van der Waals surface area contributed by atoms with E-state index >= 15 is 0 Å². The van der Waals surface area contributed by atoms with Gasteiger partial charge in [0.25, 0.3) is 0 Å². The van der Waals surface area contributed by atoms with Crippen LogP contribution in [0.2, 0.25) is 0 Å². The fourth-order valence-corrected chi connectivity index (χ4v) is 2.45. The van der Waals surface area contributed by atoms with Crippen LogP contribution in [-0.4, -0.2) is 16.5 Å². The summed E-state index contributed by atoms with van der Waals surface area (Å²) in [6.45, 7) is 3.84. The van der Waals surface area contributed by atoms with E-state index in [1.54, 1.807) is 0 Å². The molecule has 0 aromatic rings. The Morgan fingerprint density at radius 2 is 1.93 bits per heavy atom. The Morgan fingerprint density at radius 3 is 2.43 bits per heavy atom. The van der Waals surface area contributed by atoms with E-state index in [2.05, 4.69) is 0 Å². The molecular weight excluding hydrogens is 176 g/mol. The third-order valence-electron chi connectivity index (χ3n) is 3.37. The van der Waals surface area contributed by atoms with E-state index in [-0.39, 0.29) is 11.7 Å². The van der Waals surface area contributed by atoms with Crippen LogP contribution in [0.3, 0.4) is 0 Å². The lowest BCUT2D eigenvalue weighted by Gasteiger charge is -2.33. The van der Waals surface area contributed by atoms with E-state index in [9.17, 15) is 9.90 Å². The third kappa shape index (κ3) is 3.09. The van der Waals surface area contributed by atoms with Crippen LogP contribution in [0.1, 0.15) is 58.8 Å². The van der Waals surface area contributed by atoms with Crippen LogP contribution in [0.15, 0.2) is 0 Å². The summed E-state index contributed by atoms with van der Waals surface area (Å²) in [6, 6.07) is 0. The SMILES string of the molecule is CCC(=O)C(C)CC1(O)CCCCC1. The van der Waals surface area contributed by atoms with Gasteiger partial charge in [0.1, 0.15) is 5.78 Å². The first kappa shape index (κ1) is 11.7. The smallest absolute Gasteiger partial charge is 0.135 e. The zero-order valence-electron chi connectivity index (χ0n) is 9.38. The van der Waals surface area contributed by atoms with Crippen molar-refractivity contribution >= 4 is 5.78 Å². The number of carbonyl (C=O) groups excluding carboxylic acids is 1. The van der Waals surface area contributed by atoms with Gasteiger partial charge in [0.15, 0.2) is 0 Å². The number of carbonyl (C=O) groups is 1. The lowest BCUT2D eigenvalue weighted by Crippen LogP contribution is -2.34. The molecule has 1 unspecified atom stereocenters. The highest BCUT2D eigenvalue weighted by atomic mass is 16.3. The highest BCUT2D eigenvalue weighted by Crippen LogP contribution is 2.33. The maximum atomic E-state index is 11.4. The second kappa shape index (κ2) is 4.92. The summed E-state index contributed by atoms with van der Waals surface area (Å²) in [5.41, 5.74) is -0.539. The van der Waals surface area contributed by atoms with Crippen LogP contribution in [0.5, 0.6) is 0 Å². The van der Waals surface area contributed by atoms with Gasteiger partial charge in [0.2, 0.25) is 0 Å². The van der Waals surface area contributed by atoms with Crippen molar-refractivity contribution in [3.05, 3.63) is 0 Å². The average molecular weight is 198 g/mol. The lowest BCUT2D eigenvalue weighted by molar-refractivity contribution is -0.125. The molecule has 0 saturated heterocycles. The van der Waals surface area contributed by atoms with Gasteiger partial charge in [0, 0.05) is 12.3 Å². The molecule has 1 rings (SSSR count). The molecule has 1 atom stereocenters. The summed E-state index contributed by atoms with van der Waals surface area (Å²) >= 11 is 0. The molecule has 2 heteroatoms. The van der Waals surface area contributed by atoms with E-state index in [1.165, 1.54) is 6.42 Å². The first-order valence-electron chi connectivity index (χ1n) is 5.82. The predicted molar refractivity (Wildman–Crippen MR) is 57.1 cm³/mol. The highest BCUT2D eigenvalue weighted by Gasteiger charge is 2.32. The third-order valence-corrected chi connectivity index (χ3v) is 3.37. The molecule has 2 nitrogen and oxygen atoms in total. The quantitative estimate of drug-likeness (QED) is 0.754. The van der Waals surface area contributed by atoms with Crippen molar-refractivity contribution in [2.24, 2.45) is 5.92 Å². The molecule has 1 aliphatic carbocycles. The zero-order chi connectivity index (χ0) is 10.6. The van der Waals surface area contributed by atoms with Crippen molar-refractivity contribution in [2.45, 2.75) is 64.4 Å². The molecule has 1 N–H and O–H groups in total. The molecule has 0 amide bonds. The van der Waals surface area contributed by atoms with Crippen LogP contribution in [0.25, 0.3) is 0 Å². The van der Waals surface area contributed by atoms with Crippen molar-refractivity contribution in [1.82, 2.24) is 0 Å². The Labute approximate surface area is 86.7 Å². The molecule has 0 heterocycles. The van der Waals surface area contributed by atoms with E-state index in [4.69, 9.17) is 0 Å². The van der Waals surface area contributed by atoms with Gasteiger partial charge in [-0.05, 0) is 19.3 Å². The summed E-state index contributed by atoms with van der Waals surface area (Å²) in [6.07, 6.45) is 6.49. The first-order valence-corrected chi connectivity index (χ1v) is 5.82. The standard InChI is InChI=1S/C12H22O2/c1-3-11(13)10(2)9-12(14)7-5-4-6-8-12/h10,14H,3-9H2,1-2H3. The number of aliphatic hydroxyl groups is 1. The summed E-state index contributed by atoms with van der Waals surface area (Å²) in [7, 11) is 0. The van der Waals surface area contributed by atoms with E-state index in [1.807, 2.05) is 13.8 Å². The van der Waals surface area contributed by atoms with Gasteiger partial charge < -0.3 is 5.11 Å². The summed E-state index contributed by atoms with van der Waals surface area (Å²) < 4.78 is 0. The monoisotopic (exact) mass is 198 g/mol. The molecule has 1 fully saturated rings. The number of hydrogen-bond acceptors (Lipinski definition) is 2. The van der Waals surface area contributed by atoms with Gasteiger partial charge >= 0.3 is 0 Å². The molecule has 14 heavy (non-hydrogen) atoms. The molecule has 82 valence electrons. The molecule has 0 aliphatic heterocycles. The summed E-state index contributed by atoms with van der Waals surface area (Å²) in [4.78, 5) is 11.4. The Morgan fingerprint density at radius 1 is 1.36 bits per heavy atom. The average Bonchev–Trinajstić information content (AvgIpc) is 2.17. The second-order valence-corrected chi connectivity index (χ2v) is 4.71. The van der Waals surface area contributed by atoms with E-state index in [0.29, 0.717) is 12.8 Å². The van der Waals surface area contributed by atoms with Gasteiger partial charge in [0.05, 0.1) is 5.60 Å². The van der Waals surface area contributed by atoms with Crippen molar-refractivity contribution < 1.29 is 9.90 Å². The topological polar surface area (TPSA) is 37.3 Å². The van der Waals surface area contributed by atoms with Gasteiger partial charge in [-0.25, -0.2) is 0 Å². The molecule has 1 aliphatic rings. The van der Waals surface area contributed by atoms with Gasteiger partial charge in [-0.1, -0.05) is 33.1 Å². The fraction of sp³-hybridized carbons (Fsp3) is 0.917. The Bertz CT molecular complexity index is 192. The lowest BCUT2D eigenvalue weighted by atomic mass is 9.78. The van der Waals surface area contributed by atoms with E-state index < -0.39 is 5.60 Å². The molecule has 0 radical (unpaired) electrons. The maximum Gasteiger partial charge on any atom is 0.135 e. The normalized spacial score (nSPS) is 23.1. The number of Topliss-reactive ketones (excluding diaryl/α,β-unsaturated/α-hetero) is 1. The van der Waals surface area contributed by atoms with Crippen LogP contribution in [0.4, 0.5) is 0 Å². The van der Waals surface area contributed by atoms with Gasteiger partial charge in [-0.3, -0.25) is 4.79 Å². The van der Waals surface area contributed by atoms with Crippen LogP contribution >= 0.6 is 0 Å². The minimum Gasteiger partial charge on any atom is -0.390 e. The molecule has 0 bridgehead atoms. The summed E-state index contributed by atoms with van der Waals surface area (Å²) in [5, 5.41) is 10.2. The van der Waals surface area contributed by atoms with Crippen molar-refractivity contribution in [3.8, 4) is 0 Å². The predicted octanol–water partition coefficient (Wildman–Crippen LogP) is 2.69. The van der Waals surface area contributed by atoms with Crippen molar-refractivity contribution in [2.75, 3.05) is 0 Å². The number of rotatable bonds is 4. The molecule has 1 saturated carbocycles. The van der Waals surface area contributed by atoms with Gasteiger partial charge in [-0.15, -0.1) is 0 Å². The van der Waals surface area contributed by atoms with Crippen LogP contribution < -0.4 is 0 Å². The molecule has 0 aromatic heterocycles. The Balaban J connectivity index is 2.44. The fourth-order valence-electron chi connectivity index (χ4n) is 2.45. The van der Waals surface area contributed by atoms with Gasteiger partial charge in [-0.2, -0.15) is 0 Å². The minimum atomic E-state index is -0.539. The number of ketones is 1. The largest absolute Gasteiger partial charge is 0.390 e. The first-order chi connectivity index (χ1) is 6.57. The van der Waals surface area contributed by atoms with E-state index in [0.717, 1.165) is 25.7 Å². The molecule has 0 spiro atoms. The molecular formula is C12H22O2. The van der Waals surface area contributed by atoms with Crippen LogP contribution in [-0.2, 0) is 4.79 Å². The highest BCUT2D eigenvalue weighted by molar-refractivity contribution is 5.80. The van der Waals surface area contributed by atoms with Crippen molar-refractivity contribution in [1.29, 1.82) is 0 Å². The Kier molecular flexibility index (Phi) is 4.11.